The summed E-state index contributed by atoms with van der Waals surface area (Å²) in [4.78, 5) is 0. The van der Waals surface area contributed by atoms with Crippen molar-refractivity contribution in [2.24, 2.45) is 5.73 Å². The first kappa shape index (κ1) is 15.4. The molecule has 0 saturated heterocycles. The summed E-state index contributed by atoms with van der Waals surface area (Å²) in [6, 6.07) is 25.4. The Morgan fingerprint density at radius 3 is 2.31 bits per heavy atom. The minimum absolute atomic E-state index is 0.126. The van der Waals surface area contributed by atoms with Crippen LogP contribution in [-0.4, -0.2) is 9.61 Å². The normalized spacial score (nSPS) is 15.7. The highest BCUT2D eigenvalue weighted by Crippen LogP contribution is 2.39. The number of rotatable bonds is 3. The Labute approximate surface area is 153 Å². The molecule has 1 saturated carbocycles. The Kier molecular flexibility index (Phi) is 3.44. The molecule has 2 heterocycles. The summed E-state index contributed by atoms with van der Waals surface area (Å²) in [5.41, 5.74) is 13.1. The molecule has 0 bridgehead atoms. The fourth-order valence-electron chi connectivity index (χ4n) is 3.83. The first-order valence-electron chi connectivity index (χ1n) is 9.17. The topological polar surface area (TPSA) is 43.3 Å². The first-order valence-corrected chi connectivity index (χ1v) is 9.17. The van der Waals surface area contributed by atoms with Gasteiger partial charge in [0.15, 0.2) is 0 Å². The summed E-state index contributed by atoms with van der Waals surface area (Å²) in [5.74, 6) is 0. The molecule has 1 aliphatic rings. The van der Waals surface area contributed by atoms with Crippen LogP contribution in [0, 0.1) is 0 Å². The van der Waals surface area contributed by atoms with Crippen LogP contribution in [0.1, 0.15) is 24.8 Å². The number of hydrogen-bond donors (Lipinski definition) is 1. The zero-order valence-electron chi connectivity index (χ0n) is 14.6. The molecule has 2 aromatic heterocycles. The van der Waals surface area contributed by atoms with Crippen molar-refractivity contribution in [3.05, 3.63) is 84.6 Å². The second-order valence-corrected chi connectivity index (χ2v) is 7.24. The maximum atomic E-state index is 6.47. The van der Waals surface area contributed by atoms with E-state index in [2.05, 4.69) is 60.7 Å². The van der Waals surface area contributed by atoms with Crippen LogP contribution in [0.25, 0.3) is 27.9 Å². The first-order chi connectivity index (χ1) is 12.7. The maximum Gasteiger partial charge on any atom is 0.0991 e. The summed E-state index contributed by atoms with van der Waals surface area (Å²) in [5, 5.41) is 4.89. The SMILES string of the molecule is NC1(c2ccc(-c3nn4cccc4cc3-c3ccccc3)cc2)CCC1. The highest BCUT2D eigenvalue weighted by molar-refractivity contribution is 5.83. The Morgan fingerprint density at radius 2 is 1.62 bits per heavy atom. The second kappa shape index (κ2) is 5.82. The molecule has 3 heteroatoms. The third-order valence-corrected chi connectivity index (χ3v) is 5.58. The van der Waals surface area contributed by atoms with E-state index in [9.17, 15) is 0 Å². The Bertz CT molecular complexity index is 1060. The third kappa shape index (κ3) is 2.44. The largest absolute Gasteiger partial charge is 0.321 e. The van der Waals surface area contributed by atoms with E-state index in [4.69, 9.17) is 10.8 Å². The molecule has 1 aliphatic carbocycles. The molecule has 2 aromatic carbocycles. The zero-order valence-corrected chi connectivity index (χ0v) is 14.6. The third-order valence-electron chi connectivity index (χ3n) is 5.58. The van der Waals surface area contributed by atoms with Crippen LogP contribution in [0.3, 0.4) is 0 Å². The monoisotopic (exact) mass is 339 g/mol. The van der Waals surface area contributed by atoms with Crippen LogP contribution in [-0.2, 0) is 5.54 Å². The smallest absolute Gasteiger partial charge is 0.0991 e. The zero-order chi connectivity index (χ0) is 17.6. The lowest BCUT2D eigenvalue weighted by atomic mass is 9.72. The van der Waals surface area contributed by atoms with Crippen LogP contribution in [0.15, 0.2) is 79.0 Å². The van der Waals surface area contributed by atoms with E-state index >= 15 is 0 Å². The van der Waals surface area contributed by atoms with Crippen molar-refractivity contribution in [2.45, 2.75) is 24.8 Å². The van der Waals surface area contributed by atoms with Crippen molar-refractivity contribution in [3.63, 3.8) is 0 Å². The molecule has 0 amide bonds. The Balaban J connectivity index is 1.65. The van der Waals surface area contributed by atoms with Crippen LogP contribution < -0.4 is 5.73 Å². The number of fused-ring (bicyclic) bond motifs is 1. The van der Waals surface area contributed by atoms with Gasteiger partial charge in [-0.05, 0) is 48.6 Å². The van der Waals surface area contributed by atoms with E-state index in [-0.39, 0.29) is 5.54 Å². The molecule has 5 rings (SSSR count). The Morgan fingerprint density at radius 1 is 0.846 bits per heavy atom. The molecule has 128 valence electrons. The number of hydrogen-bond acceptors (Lipinski definition) is 2. The molecule has 0 spiro atoms. The van der Waals surface area contributed by atoms with Gasteiger partial charge >= 0.3 is 0 Å². The highest BCUT2D eigenvalue weighted by atomic mass is 15.2. The minimum Gasteiger partial charge on any atom is -0.321 e. The predicted octanol–water partition coefficient (Wildman–Crippen LogP) is 5.01. The van der Waals surface area contributed by atoms with Crippen molar-refractivity contribution in [2.75, 3.05) is 0 Å². The van der Waals surface area contributed by atoms with Crippen molar-refractivity contribution in [1.29, 1.82) is 0 Å². The Hall–Kier alpha value is -2.91. The highest BCUT2D eigenvalue weighted by Gasteiger charge is 2.34. The molecule has 2 N–H and O–H groups in total. The molecule has 0 aliphatic heterocycles. The van der Waals surface area contributed by atoms with Gasteiger partial charge in [0.25, 0.3) is 0 Å². The van der Waals surface area contributed by atoms with E-state index in [1.165, 1.54) is 17.5 Å². The summed E-state index contributed by atoms with van der Waals surface area (Å²) in [6.07, 6.45) is 5.37. The average molecular weight is 339 g/mol. The van der Waals surface area contributed by atoms with E-state index in [1.807, 2.05) is 22.8 Å². The van der Waals surface area contributed by atoms with E-state index < -0.39 is 0 Å². The van der Waals surface area contributed by atoms with Gasteiger partial charge in [0, 0.05) is 22.9 Å². The van der Waals surface area contributed by atoms with Gasteiger partial charge in [-0.3, -0.25) is 0 Å². The van der Waals surface area contributed by atoms with Crippen LogP contribution in [0.2, 0.25) is 0 Å². The minimum atomic E-state index is -0.126. The molecule has 26 heavy (non-hydrogen) atoms. The van der Waals surface area contributed by atoms with E-state index in [0.29, 0.717) is 0 Å². The molecular formula is C23H21N3. The van der Waals surface area contributed by atoms with Crippen molar-refractivity contribution in [3.8, 4) is 22.4 Å². The number of nitrogens with two attached hydrogens (primary N) is 1. The van der Waals surface area contributed by atoms with Crippen LogP contribution in [0.5, 0.6) is 0 Å². The van der Waals surface area contributed by atoms with Gasteiger partial charge in [-0.1, -0.05) is 54.6 Å². The average Bonchev–Trinajstić information content (AvgIpc) is 3.13. The molecule has 4 aromatic rings. The van der Waals surface area contributed by atoms with Crippen LogP contribution >= 0.6 is 0 Å². The molecular weight excluding hydrogens is 318 g/mol. The van der Waals surface area contributed by atoms with E-state index in [1.54, 1.807) is 0 Å². The molecule has 1 fully saturated rings. The lowest BCUT2D eigenvalue weighted by Crippen LogP contribution is -2.43. The molecule has 3 nitrogen and oxygen atoms in total. The summed E-state index contributed by atoms with van der Waals surface area (Å²) in [7, 11) is 0. The summed E-state index contributed by atoms with van der Waals surface area (Å²) >= 11 is 0. The van der Waals surface area contributed by atoms with Gasteiger partial charge in [-0.2, -0.15) is 5.10 Å². The van der Waals surface area contributed by atoms with Gasteiger partial charge in [-0.25, -0.2) is 4.52 Å². The lowest BCUT2D eigenvalue weighted by Gasteiger charge is -2.38. The fraction of sp³-hybridized carbons (Fsp3) is 0.174. The number of benzene rings is 2. The maximum absolute atomic E-state index is 6.47. The second-order valence-electron chi connectivity index (χ2n) is 7.24. The van der Waals surface area contributed by atoms with Gasteiger partial charge in [-0.15, -0.1) is 0 Å². The van der Waals surface area contributed by atoms with E-state index in [0.717, 1.165) is 35.2 Å². The van der Waals surface area contributed by atoms with Crippen molar-refractivity contribution < 1.29 is 0 Å². The van der Waals surface area contributed by atoms with Crippen molar-refractivity contribution >= 4 is 5.52 Å². The molecule has 0 radical (unpaired) electrons. The van der Waals surface area contributed by atoms with Gasteiger partial charge in [0.2, 0.25) is 0 Å². The quantitative estimate of drug-likeness (QED) is 0.570. The number of nitrogens with zero attached hydrogens (tertiary/aromatic N) is 2. The number of aromatic nitrogens is 2. The molecule has 0 unspecified atom stereocenters. The summed E-state index contributed by atoms with van der Waals surface area (Å²) in [6.45, 7) is 0. The lowest BCUT2D eigenvalue weighted by molar-refractivity contribution is 0.253. The van der Waals surface area contributed by atoms with Gasteiger partial charge < -0.3 is 5.73 Å². The van der Waals surface area contributed by atoms with Crippen LogP contribution in [0.4, 0.5) is 0 Å². The summed E-state index contributed by atoms with van der Waals surface area (Å²) < 4.78 is 1.94. The molecule has 0 atom stereocenters. The standard InChI is InChI=1S/C23H21N3/c24-23(13-5-14-23)19-11-9-18(10-12-19)22-21(17-6-2-1-3-7-17)16-20-8-4-15-26(20)25-22/h1-4,6-12,15-16H,5,13-14,24H2. The van der Waals surface area contributed by atoms with Gasteiger partial charge in [0.1, 0.15) is 0 Å². The fourth-order valence-corrected chi connectivity index (χ4v) is 3.83. The predicted molar refractivity (Wildman–Crippen MR) is 106 cm³/mol. The van der Waals surface area contributed by atoms with Crippen molar-refractivity contribution in [1.82, 2.24) is 9.61 Å². The van der Waals surface area contributed by atoms with Gasteiger partial charge in [0.05, 0.1) is 11.2 Å².